The van der Waals surface area contributed by atoms with E-state index in [1.165, 1.54) is 9.13 Å². The normalized spacial score (nSPS) is 19.6. The molecule has 1 aliphatic carbocycles. The predicted octanol–water partition coefficient (Wildman–Crippen LogP) is 2.77. The smallest absolute Gasteiger partial charge is 0.332 e. The maximum Gasteiger partial charge on any atom is 0.332 e. The summed E-state index contributed by atoms with van der Waals surface area (Å²) in [6, 6.07) is 4.81. The third-order valence-electron chi connectivity index (χ3n) is 7.02. The van der Waals surface area contributed by atoms with E-state index in [9.17, 15) is 19.8 Å². The molecule has 186 valence electrons. The molecule has 1 aromatic carbocycles. The average Bonchev–Trinajstić information content (AvgIpc) is 3.34. The first-order valence-corrected chi connectivity index (χ1v) is 12.8. The van der Waals surface area contributed by atoms with Gasteiger partial charge in [-0.3, -0.25) is 13.9 Å². The highest BCUT2D eigenvalue weighted by Crippen LogP contribution is 2.26. The number of rotatable bonds is 8. The minimum Gasteiger partial charge on any atom is -0.390 e. The van der Waals surface area contributed by atoms with Gasteiger partial charge in [-0.25, -0.2) is 4.79 Å². The van der Waals surface area contributed by atoms with Crippen molar-refractivity contribution in [3.05, 3.63) is 51.7 Å². The number of carbonyl (C=O) groups is 1. The zero-order valence-corrected chi connectivity index (χ0v) is 20.3. The molecule has 1 amide bonds. The minimum atomic E-state index is -0.925. The highest BCUT2D eigenvalue weighted by atomic mass is 35.5. The van der Waals surface area contributed by atoms with Gasteiger partial charge in [-0.05, 0) is 57.0 Å². The molecular weight excluding hydrogens is 456 g/mol. The van der Waals surface area contributed by atoms with Gasteiger partial charge in [0.2, 0.25) is 0 Å². The van der Waals surface area contributed by atoms with Crippen molar-refractivity contribution in [2.24, 2.45) is 5.92 Å². The van der Waals surface area contributed by atoms with Crippen LogP contribution in [0.25, 0.3) is 5.69 Å². The number of aromatic nitrogens is 2. The molecule has 8 nitrogen and oxygen atoms in total. The van der Waals surface area contributed by atoms with Crippen LogP contribution in [0.1, 0.15) is 61.7 Å². The second-order valence-corrected chi connectivity index (χ2v) is 10.0. The maximum atomic E-state index is 13.0. The second kappa shape index (κ2) is 11.5. The van der Waals surface area contributed by atoms with Crippen molar-refractivity contribution in [2.45, 2.75) is 70.2 Å². The van der Waals surface area contributed by atoms with Crippen LogP contribution < -0.4 is 11.0 Å². The third-order valence-corrected chi connectivity index (χ3v) is 7.35. The lowest BCUT2D eigenvalue weighted by Crippen LogP contribution is -2.40. The van der Waals surface area contributed by atoms with E-state index < -0.39 is 18.2 Å². The molecule has 2 aliphatic rings. The fourth-order valence-corrected chi connectivity index (χ4v) is 5.29. The van der Waals surface area contributed by atoms with E-state index in [-0.39, 0.29) is 28.7 Å². The molecule has 2 atom stereocenters. The van der Waals surface area contributed by atoms with Gasteiger partial charge < -0.3 is 20.4 Å². The van der Waals surface area contributed by atoms with E-state index in [1.54, 1.807) is 30.6 Å². The Morgan fingerprint density at radius 2 is 1.74 bits per heavy atom. The van der Waals surface area contributed by atoms with E-state index in [2.05, 4.69) is 10.2 Å². The zero-order valence-electron chi connectivity index (χ0n) is 19.5. The highest BCUT2D eigenvalue weighted by molar-refractivity contribution is 6.33. The van der Waals surface area contributed by atoms with Crippen molar-refractivity contribution in [1.29, 1.82) is 0 Å². The summed E-state index contributed by atoms with van der Waals surface area (Å²) in [4.78, 5) is 28.1. The lowest BCUT2D eigenvalue weighted by molar-refractivity contribution is 0.0532. The molecule has 1 saturated carbocycles. The largest absolute Gasteiger partial charge is 0.390 e. The SMILES string of the molecule is O=C(NC(O)C1CCCCCC1)c1cc(-n2ccn(CC(O)CN3CCCC3)c2=O)ccc1Cl. The maximum absolute atomic E-state index is 13.0. The summed E-state index contributed by atoms with van der Waals surface area (Å²) >= 11 is 6.30. The standard InChI is InChI=1S/C25H35ClN4O4/c26-22-10-9-19(15-21(22)24(33)27-23(32)18-7-3-1-2-4-8-18)30-14-13-29(25(30)34)17-20(31)16-28-11-5-6-12-28/h9-10,13-15,18,20,23,31-32H,1-8,11-12,16-17H2,(H,27,33). The van der Waals surface area contributed by atoms with Crippen molar-refractivity contribution in [1.82, 2.24) is 19.4 Å². The molecule has 1 saturated heterocycles. The number of imidazole rings is 1. The molecular formula is C25H35ClN4O4. The van der Waals surface area contributed by atoms with Gasteiger partial charge in [-0.1, -0.05) is 37.3 Å². The van der Waals surface area contributed by atoms with Gasteiger partial charge in [0.1, 0.15) is 6.23 Å². The summed E-state index contributed by atoms with van der Waals surface area (Å²) in [6.07, 6.45) is 10.2. The third kappa shape index (κ3) is 6.10. The minimum absolute atomic E-state index is 0.0389. The Morgan fingerprint density at radius 3 is 2.44 bits per heavy atom. The second-order valence-electron chi connectivity index (χ2n) is 9.60. The number of benzene rings is 1. The molecule has 9 heteroatoms. The van der Waals surface area contributed by atoms with Crippen molar-refractivity contribution >= 4 is 17.5 Å². The van der Waals surface area contributed by atoms with Gasteiger partial charge in [-0.15, -0.1) is 0 Å². The summed E-state index contributed by atoms with van der Waals surface area (Å²) in [6.45, 7) is 2.72. The van der Waals surface area contributed by atoms with Gasteiger partial charge in [0.05, 0.1) is 28.9 Å². The van der Waals surface area contributed by atoms with Gasteiger partial charge in [-0.2, -0.15) is 0 Å². The monoisotopic (exact) mass is 490 g/mol. The number of β-amino-alcohol motifs (C(OH)–C–C–N with tert-alkyl or cyclic N) is 1. The van der Waals surface area contributed by atoms with Crippen LogP contribution in [0.4, 0.5) is 0 Å². The predicted molar refractivity (Wildman–Crippen MR) is 131 cm³/mol. The molecule has 34 heavy (non-hydrogen) atoms. The van der Waals surface area contributed by atoms with E-state index in [4.69, 9.17) is 11.6 Å². The van der Waals surface area contributed by atoms with Crippen LogP contribution in [-0.2, 0) is 6.54 Å². The highest BCUT2D eigenvalue weighted by Gasteiger charge is 2.24. The zero-order chi connectivity index (χ0) is 24.1. The van der Waals surface area contributed by atoms with E-state index >= 15 is 0 Å². The van der Waals surface area contributed by atoms with E-state index in [0.29, 0.717) is 12.2 Å². The Kier molecular flexibility index (Phi) is 8.47. The number of nitrogens with zero attached hydrogens (tertiary/aromatic N) is 3. The first kappa shape index (κ1) is 25.0. The molecule has 0 bridgehead atoms. The molecule has 1 aliphatic heterocycles. The summed E-state index contributed by atoms with van der Waals surface area (Å²) < 4.78 is 2.91. The number of halogens is 1. The van der Waals surface area contributed by atoms with Crippen LogP contribution in [0.5, 0.6) is 0 Å². The number of amides is 1. The van der Waals surface area contributed by atoms with Crippen LogP contribution in [0, 0.1) is 5.92 Å². The number of likely N-dealkylation sites (tertiary alicyclic amines) is 1. The number of hydrogen-bond donors (Lipinski definition) is 3. The van der Waals surface area contributed by atoms with Gasteiger partial charge in [0.15, 0.2) is 0 Å². The van der Waals surface area contributed by atoms with E-state index in [0.717, 1.165) is 64.5 Å². The number of aliphatic hydroxyl groups excluding tert-OH is 2. The molecule has 2 unspecified atom stereocenters. The quantitative estimate of drug-likeness (QED) is 0.390. The number of nitrogens with one attached hydrogen (secondary N) is 1. The fourth-order valence-electron chi connectivity index (χ4n) is 5.09. The van der Waals surface area contributed by atoms with Gasteiger partial charge >= 0.3 is 5.69 Å². The molecule has 0 radical (unpaired) electrons. The first-order chi connectivity index (χ1) is 16.4. The van der Waals surface area contributed by atoms with Crippen LogP contribution in [0.3, 0.4) is 0 Å². The topological polar surface area (TPSA) is 99.7 Å². The Hall–Kier alpha value is -2.13. The van der Waals surface area contributed by atoms with E-state index in [1.807, 2.05) is 0 Å². The van der Waals surface area contributed by atoms with Crippen LogP contribution in [0.15, 0.2) is 35.4 Å². The van der Waals surface area contributed by atoms with Crippen LogP contribution >= 0.6 is 11.6 Å². The van der Waals surface area contributed by atoms with Gasteiger partial charge in [0, 0.05) is 24.9 Å². The van der Waals surface area contributed by atoms with Crippen molar-refractivity contribution < 1.29 is 15.0 Å². The molecule has 2 aromatic rings. The number of aliphatic hydroxyl groups is 2. The molecule has 0 spiro atoms. The van der Waals surface area contributed by atoms with Crippen LogP contribution in [0.2, 0.25) is 5.02 Å². The number of carbonyl (C=O) groups excluding carboxylic acids is 1. The Morgan fingerprint density at radius 1 is 1.03 bits per heavy atom. The average molecular weight is 491 g/mol. The first-order valence-electron chi connectivity index (χ1n) is 12.4. The summed E-state index contributed by atoms with van der Waals surface area (Å²) in [7, 11) is 0. The summed E-state index contributed by atoms with van der Waals surface area (Å²) in [5, 5.41) is 24.0. The Bertz CT molecular complexity index is 1020. The fraction of sp³-hybridized carbons (Fsp3) is 0.600. The molecule has 3 N–H and O–H groups in total. The molecule has 4 rings (SSSR count). The lowest BCUT2D eigenvalue weighted by atomic mass is 9.98. The molecule has 2 fully saturated rings. The van der Waals surface area contributed by atoms with Gasteiger partial charge in [0.25, 0.3) is 5.91 Å². The van der Waals surface area contributed by atoms with Crippen LogP contribution in [-0.4, -0.2) is 62.1 Å². The Labute approximate surface area is 205 Å². The molecule has 2 heterocycles. The van der Waals surface area contributed by atoms with Crippen molar-refractivity contribution in [2.75, 3.05) is 19.6 Å². The molecule has 1 aromatic heterocycles. The van der Waals surface area contributed by atoms with Crippen molar-refractivity contribution in [3.63, 3.8) is 0 Å². The summed E-state index contributed by atoms with van der Waals surface area (Å²) in [5.74, 6) is -0.422. The lowest BCUT2D eigenvalue weighted by Gasteiger charge is -2.22. The number of hydrogen-bond acceptors (Lipinski definition) is 5. The summed E-state index contributed by atoms with van der Waals surface area (Å²) in [5.41, 5.74) is 0.407. The van der Waals surface area contributed by atoms with Crippen molar-refractivity contribution in [3.8, 4) is 5.69 Å². The Balaban J connectivity index is 1.45.